The van der Waals surface area contributed by atoms with Gasteiger partial charge in [-0.2, -0.15) is 0 Å². The van der Waals surface area contributed by atoms with Crippen LogP contribution in [0.1, 0.15) is 12.8 Å². The van der Waals surface area contributed by atoms with Gasteiger partial charge in [-0.15, -0.1) is 0 Å². The van der Waals surface area contributed by atoms with Gasteiger partial charge in [-0.1, -0.05) is 21.6 Å². The minimum absolute atomic E-state index is 0.844. The molecule has 0 heterocycles. The monoisotopic (exact) mass is 512 g/mol. The Morgan fingerprint density at radius 3 is 0.966 bits per heavy atom. The third-order valence-corrected chi connectivity index (χ3v) is 13.3. The van der Waals surface area contributed by atoms with Crippen LogP contribution >= 0.6 is 21.6 Å². The largest absolute Gasteiger partial charge is 0.500 e. The van der Waals surface area contributed by atoms with Crippen molar-refractivity contribution in [3.8, 4) is 0 Å². The summed E-state index contributed by atoms with van der Waals surface area (Å²) in [4.78, 5) is 0. The second-order valence-electron chi connectivity index (χ2n) is 5.44. The maximum Gasteiger partial charge on any atom is 0.500 e. The molecule has 29 heavy (non-hydrogen) atoms. The van der Waals surface area contributed by atoms with E-state index in [2.05, 4.69) is 0 Å². The molecule has 14 heteroatoms. The third kappa shape index (κ3) is 14.6. The highest BCUT2D eigenvalue weighted by atomic mass is 33.1. The first kappa shape index (κ1) is 32.2. The Bertz CT molecular complexity index is 303. The van der Waals surface area contributed by atoms with Gasteiger partial charge in [-0.3, -0.25) is 0 Å². The molecule has 0 aromatic rings. The number of rotatable bonds is 18. The maximum atomic E-state index is 5.40. The van der Waals surface area contributed by atoms with E-state index in [0.29, 0.717) is 0 Å². The summed E-state index contributed by atoms with van der Waals surface area (Å²) in [5.41, 5.74) is 0. The molecule has 0 aliphatic rings. The molecule has 0 unspecified atom stereocenters. The normalized spacial score (nSPS) is 12.2. The van der Waals surface area contributed by atoms with Gasteiger partial charge < -0.3 is 39.8 Å². The SMILES string of the molecule is CO[SiH](OC)OC.CO[Si](CCCSSCCC[Si](OC)(OC)OC)(OC)OC. The molecule has 0 aliphatic carbocycles. The lowest BCUT2D eigenvalue weighted by atomic mass is 10.6. The predicted octanol–water partition coefficient (Wildman–Crippen LogP) is 2.55. The lowest BCUT2D eigenvalue weighted by Gasteiger charge is -2.24. The predicted molar refractivity (Wildman–Crippen MR) is 126 cm³/mol. The standard InChI is InChI=1S/C12H30O6S2Si2.C3H10O3Si/c1-13-21(14-2,15-3)11-7-9-19-20-10-8-12-22(16-4,17-5)18-6;1-4-7(5-2)6-3/h7-12H2,1-6H3;7H,1-3H3. The first-order valence-corrected chi connectivity index (χ1v) is 16.8. The number of hydrogen-bond acceptors (Lipinski definition) is 11. The van der Waals surface area contributed by atoms with Gasteiger partial charge in [-0.25, -0.2) is 0 Å². The zero-order valence-electron chi connectivity index (χ0n) is 19.3. The highest BCUT2D eigenvalue weighted by Gasteiger charge is 2.37. The Morgan fingerprint density at radius 2 is 0.793 bits per heavy atom. The Labute approximate surface area is 188 Å². The van der Waals surface area contributed by atoms with Gasteiger partial charge >= 0.3 is 27.1 Å². The van der Waals surface area contributed by atoms with Crippen LogP contribution in [0, 0.1) is 0 Å². The Kier molecular flexibility index (Phi) is 23.2. The highest BCUT2D eigenvalue weighted by molar-refractivity contribution is 8.76. The van der Waals surface area contributed by atoms with Crippen LogP contribution in [-0.2, 0) is 39.8 Å². The molecule has 0 N–H and O–H groups in total. The minimum Gasteiger partial charge on any atom is -0.379 e. The quantitative estimate of drug-likeness (QED) is 0.154. The average molecular weight is 513 g/mol. The van der Waals surface area contributed by atoms with Crippen molar-refractivity contribution in [1.29, 1.82) is 0 Å². The van der Waals surface area contributed by atoms with E-state index in [0.717, 1.165) is 36.4 Å². The van der Waals surface area contributed by atoms with E-state index >= 15 is 0 Å². The first-order chi connectivity index (χ1) is 13.9. The fourth-order valence-corrected chi connectivity index (χ4v) is 8.92. The van der Waals surface area contributed by atoms with Gasteiger partial charge in [0.15, 0.2) is 0 Å². The van der Waals surface area contributed by atoms with Crippen molar-refractivity contribution < 1.29 is 39.8 Å². The van der Waals surface area contributed by atoms with Crippen LogP contribution in [0.15, 0.2) is 0 Å². The lowest BCUT2D eigenvalue weighted by molar-refractivity contribution is 0.123. The number of hydrogen-bond donors (Lipinski definition) is 0. The molecule has 0 saturated heterocycles. The van der Waals surface area contributed by atoms with E-state index < -0.39 is 27.1 Å². The van der Waals surface area contributed by atoms with Crippen LogP contribution in [0.4, 0.5) is 0 Å². The van der Waals surface area contributed by atoms with Crippen LogP contribution in [-0.4, -0.2) is 103 Å². The summed E-state index contributed by atoms with van der Waals surface area (Å²) in [6.07, 6.45) is 2.04. The zero-order chi connectivity index (χ0) is 22.6. The molecule has 0 bridgehead atoms. The molecule has 0 fully saturated rings. The summed E-state index contributed by atoms with van der Waals surface area (Å²) in [6, 6.07) is 1.69. The van der Waals surface area contributed by atoms with Crippen molar-refractivity contribution in [2.24, 2.45) is 0 Å². The topological polar surface area (TPSA) is 83.1 Å². The molecule has 0 saturated carbocycles. The van der Waals surface area contributed by atoms with Crippen LogP contribution in [0.5, 0.6) is 0 Å². The van der Waals surface area contributed by atoms with Crippen molar-refractivity contribution in [3.63, 3.8) is 0 Å². The smallest absolute Gasteiger partial charge is 0.379 e. The second-order valence-corrected chi connectivity index (χ2v) is 16.3. The molecule has 0 amide bonds. The molecule has 0 spiro atoms. The van der Waals surface area contributed by atoms with Gasteiger partial charge in [0.05, 0.1) is 0 Å². The van der Waals surface area contributed by atoms with E-state index in [9.17, 15) is 0 Å². The van der Waals surface area contributed by atoms with Crippen molar-refractivity contribution in [2.45, 2.75) is 24.9 Å². The van der Waals surface area contributed by atoms with E-state index in [1.54, 1.807) is 64.0 Å². The van der Waals surface area contributed by atoms with E-state index in [-0.39, 0.29) is 0 Å². The summed E-state index contributed by atoms with van der Waals surface area (Å²) < 4.78 is 46.6. The summed E-state index contributed by atoms with van der Waals surface area (Å²) in [7, 11) is 11.9. The highest BCUT2D eigenvalue weighted by Crippen LogP contribution is 2.27. The van der Waals surface area contributed by atoms with Crippen molar-refractivity contribution >= 4 is 48.7 Å². The molecule has 178 valence electrons. The zero-order valence-corrected chi connectivity index (χ0v) is 24.1. The molecular formula is C15H40O9S2Si3. The average Bonchev–Trinajstić information content (AvgIpc) is 2.78. The molecule has 0 radical (unpaired) electrons. The maximum absolute atomic E-state index is 5.40. The Balaban J connectivity index is 0. The molecule has 0 aliphatic heterocycles. The van der Waals surface area contributed by atoms with Crippen molar-refractivity contribution in [1.82, 2.24) is 0 Å². The van der Waals surface area contributed by atoms with Crippen LogP contribution in [0.2, 0.25) is 12.1 Å². The van der Waals surface area contributed by atoms with Gasteiger partial charge in [0.1, 0.15) is 0 Å². The van der Waals surface area contributed by atoms with Gasteiger partial charge in [-0.05, 0) is 12.8 Å². The first-order valence-electron chi connectivity index (χ1n) is 9.06. The fourth-order valence-electron chi connectivity index (χ4n) is 2.21. The van der Waals surface area contributed by atoms with E-state index in [4.69, 9.17) is 39.8 Å². The third-order valence-electron chi connectivity index (χ3n) is 3.95. The summed E-state index contributed by atoms with van der Waals surface area (Å²) >= 11 is 0. The summed E-state index contributed by atoms with van der Waals surface area (Å²) in [5, 5.41) is 0. The fraction of sp³-hybridized carbons (Fsp3) is 1.00. The van der Waals surface area contributed by atoms with Crippen LogP contribution in [0.3, 0.4) is 0 Å². The van der Waals surface area contributed by atoms with E-state index in [1.807, 2.05) is 21.6 Å². The molecule has 0 aromatic heterocycles. The van der Waals surface area contributed by atoms with E-state index in [1.165, 1.54) is 0 Å². The Hall–Kier alpha value is 0.991. The molecule has 0 atom stereocenters. The minimum atomic E-state index is -2.40. The van der Waals surface area contributed by atoms with Crippen LogP contribution in [0.25, 0.3) is 0 Å². The second kappa shape index (κ2) is 20.9. The van der Waals surface area contributed by atoms with Crippen molar-refractivity contribution in [3.05, 3.63) is 0 Å². The van der Waals surface area contributed by atoms with Gasteiger partial charge in [0, 0.05) is 87.6 Å². The molecular weight excluding hydrogens is 473 g/mol. The summed E-state index contributed by atoms with van der Waals surface area (Å²) in [5.74, 6) is 2.10. The van der Waals surface area contributed by atoms with Gasteiger partial charge in [0.25, 0.3) is 0 Å². The van der Waals surface area contributed by atoms with Crippen LogP contribution < -0.4 is 0 Å². The molecule has 9 nitrogen and oxygen atoms in total. The van der Waals surface area contributed by atoms with Crippen molar-refractivity contribution in [2.75, 3.05) is 75.5 Å². The Morgan fingerprint density at radius 1 is 0.517 bits per heavy atom. The molecule has 0 aromatic carbocycles. The lowest BCUT2D eigenvalue weighted by Crippen LogP contribution is -2.42. The molecule has 0 rings (SSSR count). The summed E-state index contributed by atoms with van der Waals surface area (Å²) in [6.45, 7) is 0. The van der Waals surface area contributed by atoms with Gasteiger partial charge in [0.2, 0.25) is 0 Å².